The first-order chi connectivity index (χ1) is 8.31. The van der Waals surface area contributed by atoms with Gasteiger partial charge in [0.1, 0.15) is 6.10 Å². The van der Waals surface area contributed by atoms with Crippen molar-refractivity contribution < 1.29 is 14.6 Å². The highest BCUT2D eigenvalue weighted by atomic mass is 16.6. The summed E-state index contributed by atoms with van der Waals surface area (Å²) < 4.78 is 11.5. The van der Waals surface area contributed by atoms with E-state index in [4.69, 9.17) is 9.47 Å². The van der Waals surface area contributed by atoms with Gasteiger partial charge in [0.15, 0.2) is 0 Å². The van der Waals surface area contributed by atoms with Crippen LogP contribution in [0.2, 0.25) is 0 Å². The number of ether oxygens (including phenoxy) is 2. The topological polar surface area (TPSA) is 38.7 Å². The average molecular weight is 242 g/mol. The quantitative estimate of drug-likeness (QED) is 0.778. The minimum absolute atomic E-state index is 0.0708. The predicted molar refractivity (Wildman–Crippen MR) is 67.0 cm³/mol. The van der Waals surface area contributed by atoms with Crippen molar-refractivity contribution >= 4 is 0 Å². The maximum Gasteiger partial charge on any atom is 0.110 e. The van der Waals surface area contributed by atoms with Crippen LogP contribution in [0.3, 0.4) is 0 Å². The molecule has 3 heteroatoms. The van der Waals surface area contributed by atoms with Crippen LogP contribution in [-0.4, -0.2) is 36.6 Å². The summed E-state index contributed by atoms with van der Waals surface area (Å²) in [6, 6.07) is 0. The summed E-state index contributed by atoms with van der Waals surface area (Å²) in [6.07, 6.45) is 8.25. The van der Waals surface area contributed by atoms with Crippen molar-refractivity contribution in [1.29, 1.82) is 0 Å². The fourth-order valence-corrected chi connectivity index (χ4v) is 2.81. The van der Waals surface area contributed by atoms with Gasteiger partial charge >= 0.3 is 0 Å². The zero-order valence-electron chi connectivity index (χ0n) is 10.9. The third-order valence-electron chi connectivity index (χ3n) is 4.00. The molecule has 0 spiro atoms. The van der Waals surface area contributed by atoms with Crippen molar-refractivity contribution in [2.45, 2.75) is 70.2 Å². The van der Waals surface area contributed by atoms with E-state index in [0.717, 1.165) is 32.0 Å². The molecule has 2 fully saturated rings. The first-order valence-electron chi connectivity index (χ1n) is 7.22. The third kappa shape index (κ3) is 3.67. The Morgan fingerprint density at radius 2 is 1.88 bits per heavy atom. The van der Waals surface area contributed by atoms with Crippen LogP contribution in [0.4, 0.5) is 0 Å². The number of hydrogen-bond acceptors (Lipinski definition) is 3. The summed E-state index contributed by atoms with van der Waals surface area (Å²) in [7, 11) is 0. The second-order valence-electron chi connectivity index (χ2n) is 5.51. The Kier molecular flexibility index (Phi) is 5.26. The van der Waals surface area contributed by atoms with Crippen LogP contribution < -0.4 is 0 Å². The van der Waals surface area contributed by atoms with Crippen LogP contribution in [0.25, 0.3) is 0 Å². The molecule has 3 unspecified atom stereocenters. The lowest BCUT2D eigenvalue weighted by Crippen LogP contribution is -2.54. The fraction of sp³-hybridized carbons (Fsp3) is 1.00. The van der Waals surface area contributed by atoms with Crippen molar-refractivity contribution in [3.05, 3.63) is 0 Å². The smallest absolute Gasteiger partial charge is 0.110 e. The molecule has 100 valence electrons. The first kappa shape index (κ1) is 13.3. The minimum atomic E-state index is -0.307. The van der Waals surface area contributed by atoms with Crippen LogP contribution in [0.1, 0.15) is 51.9 Å². The normalized spacial score (nSPS) is 34.6. The van der Waals surface area contributed by atoms with E-state index in [0.29, 0.717) is 0 Å². The Morgan fingerprint density at radius 3 is 2.53 bits per heavy atom. The number of rotatable bonds is 6. The summed E-state index contributed by atoms with van der Waals surface area (Å²) in [5, 5.41) is 9.64. The van der Waals surface area contributed by atoms with E-state index in [1.807, 2.05) is 0 Å². The SMILES string of the molecule is CCCOC1C(O)CC1OCC1CCCCC1. The second kappa shape index (κ2) is 6.72. The summed E-state index contributed by atoms with van der Waals surface area (Å²) >= 11 is 0. The molecule has 2 rings (SSSR count). The summed E-state index contributed by atoms with van der Waals surface area (Å²) in [4.78, 5) is 0. The molecular weight excluding hydrogens is 216 g/mol. The van der Waals surface area contributed by atoms with Gasteiger partial charge in [0.05, 0.1) is 12.2 Å². The molecule has 17 heavy (non-hydrogen) atoms. The number of aliphatic hydroxyl groups is 1. The lowest BCUT2D eigenvalue weighted by atomic mass is 9.87. The molecule has 0 bridgehead atoms. The molecule has 1 N–H and O–H groups in total. The van der Waals surface area contributed by atoms with Crippen LogP contribution >= 0.6 is 0 Å². The zero-order valence-corrected chi connectivity index (χ0v) is 10.9. The summed E-state index contributed by atoms with van der Waals surface area (Å²) in [5.41, 5.74) is 0. The molecule has 0 aliphatic heterocycles. The first-order valence-corrected chi connectivity index (χ1v) is 7.22. The van der Waals surface area contributed by atoms with Gasteiger partial charge in [0, 0.05) is 19.6 Å². The molecule has 3 nitrogen and oxygen atoms in total. The van der Waals surface area contributed by atoms with Gasteiger partial charge in [-0.1, -0.05) is 26.2 Å². The average Bonchev–Trinajstić information content (AvgIpc) is 2.36. The highest BCUT2D eigenvalue weighted by Gasteiger charge is 2.41. The Labute approximate surface area is 104 Å². The minimum Gasteiger partial charge on any atom is -0.390 e. The van der Waals surface area contributed by atoms with E-state index >= 15 is 0 Å². The molecule has 0 aromatic rings. The van der Waals surface area contributed by atoms with Gasteiger partial charge in [-0.3, -0.25) is 0 Å². The van der Waals surface area contributed by atoms with Gasteiger partial charge in [0.25, 0.3) is 0 Å². The van der Waals surface area contributed by atoms with E-state index in [9.17, 15) is 5.11 Å². The molecule has 0 aromatic carbocycles. The number of aliphatic hydroxyl groups excluding tert-OH is 1. The molecule has 0 aromatic heterocycles. The van der Waals surface area contributed by atoms with Crippen LogP contribution in [0.15, 0.2) is 0 Å². The molecule has 0 saturated heterocycles. The fourth-order valence-electron chi connectivity index (χ4n) is 2.81. The monoisotopic (exact) mass is 242 g/mol. The zero-order chi connectivity index (χ0) is 12.1. The Hall–Kier alpha value is -0.120. The van der Waals surface area contributed by atoms with Crippen molar-refractivity contribution in [2.24, 2.45) is 5.92 Å². The van der Waals surface area contributed by atoms with E-state index in [1.54, 1.807) is 0 Å². The van der Waals surface area contributed by atoms with Crippen LogP contribution in [0.5, 0.6) is 0 Å². The maximum absolute atomic E-state index is 9.64. The van der Waals surface area contributed by atoms with Crippen LogP contribution in [0, 0.1) is 5.92 Å². The molecule has 0 heterocycles. The summed E-state index contributed by atoms with van der Waals surface area (Å²) in [5.74, 6) is 0.744. The van der Waals surface area contributed by atoms with Crippen molar-refractivity contribution in [2.75, 3.05) is 13.2 Å². The maximum atomic E-state index is 9.64. The van der Waals surface area contributed by atoms with Gasteiger partial charge in [-0.05, 0) is 25.2 Å². The third-order valence-corrected chi connectivity index (χ3v) is 4.00. The standard InChI is InChI=1S/C14H26O3/c1-2-8-16-14-12(15)9-13(14)17-10-11-6-4-3-5-7-11/h11-15H,2-10H2,1H3. The molecule has 0 radical (unpaired) electrons. The second-order valence-corrected chi connectivity index (χ2v) is 5.51. The lowest BCUT2D eigenvalue weighted by molar-refractivity contribution is -0.196. The van der Waals surface area contributed by atoms with Crippen LogP contribution in [-0.2, 0) is 9.47 Å². The summed E-state index contributed by atoms with van der Waals surface area (Å²) in [6.45, 7) is 3.68. The highest BCUT2D eigenvalue weighted by molar-refractivity contribution is 4.92. The molecule has 0 amide bonds. The Balaban J connectivity index is 1.64. The van der Waals surface area contributed by atoms with Gasteiger partial charge in [0.2, 0.25) is 0 Å². The Bertz CT molecular complexity index is 214. The largest absolute Gasteiger partial charge is 0.390 e. The molecule has 2 aliphatic rings. The van der Waals surface area contributed by atoms with Crippen molar-refractivity contribution in [1.82, 2.24) is 0 Å². The van der Waals surface area contributed by atoms with E-state index in [2.05, 4.69) is 6.92 Å². The number of hydrogen-bond donors (Lipinski definition) is 1. The van der Waals surface area contributed by atoms with Gasteiger partial charge in [-0.2, -0.15) is 0 Å². The van der Waals surface area contributed by atoms with Crippen molar-refractivity contribution in [3.8, 4) is 0 Å². The molecule has 2 saturated carbocycles. The van der Waals surface area contributed by atoms with Crippen molar-refractivity contribution in [3.63, 3.8) is 0 Å². The predicted octanol–water partition coefficient (Wildman–Crippen LogP) is 2.51. The Morgan fingerprint density at radius 1 is 1.12 bits per heavy atom. The highest BCUT2D eigenvalue weighted by Crippen LogP contribution is 2.30. The lowest BCUT2D eigenvalue weighted by Gasteiger charge is -2.41. The van der Waals surface area contributed by atoms with E-state index in [-0.39, 0.29) is 18.3 Å². The van der Waals surface area contributed by atoms with E-state index < -0.39 is 0 Å². The molecular formula is C14H26O3. The van der Waals surface area contributed by atoms with E-state index in [1.165, 1.54) is 32.1 Å². The molecule has 2 aliphatic carbocycles. The molecule has 3 atom stereocenters. The van der Waals surface area contributed by atoms with Gasteiger partial charge < -0.3 is 14.6 Å². The van der Waals surface area contributed by atoms with Gasteiger partial charge in [-0.25, -0.2) is 0 Å². The van der Waals surface area contributed by atoms with Gasteiger partial charge in [-0.15, -0.1) is 0 Å².